The summed E-state index contributed by atoms with van der Waals surface area (Å²) in [6.07, 6.45) is -7.26. The van der Waals surface area contributed by atoms with Crippen LogP contribution in [0.3, 0.4) is 0 Å². The van der Waals surface area contributed by atoms with Crippen molar-refractivity contribution in [2.45, 2.75) is 89.2 Å². The third kappa shape index (κ3) is 3.62. The summed E-state index contributed by atoms with van der Waals surface area (Å²) < 4.78 is 17.7. The van der Waals surface area contributed by atoms with Crippen LogP contribution in [0.2, 0.25) is 0 Å². The number of carbonyl (C=O) groups excluding carboxylic acids is 3. The molecule has 212 valence electrons. The first-order chi connectivity index (χ1) is 18.1. The molecule has 2 bridgehead atoms. The first-order valence-electron chi connectivity index (χ1n) is 13.2. The molecule has 3 unspecified atom stereocenters. The van der Waals surface area contributed by atoms with Crippen LogP contribution in [0.25, 0.3) is 0 Å². The molecule has 1 aromatic rings. The summed E-state index contributed by atoms with van der Waals surface area (Å²) >= 11 is 0. The lowest BCUT2D eigenvalue weighted by Gasteiger charge is -2.67. The minimum Gasteiger partial charge on any atom is -0.455 e. The average molecular weight is 545 g/mol. The largest absolute Gasteiger partial charge is 0.455 e. The minimum absolute atomic E-state index is 0.0828. The highest BCUT2D eigenvalue weighted by Crippen LogP contribution is 2.63. The van der Waals surface area contributed by atoms with E-state index in [-0.39, 0.29) is 30.6 Å². The van der Waals surface area contributed by atoms with Crippen LogP contribution in [0.5, 0.6) is 0 Å². The number of carbonyl (C=O) groups is 3. The van der Waals surface area contributed by atoms with Crippen LogP contribution in [-0.2, 0) is 23.8 Å². The van der Waals surface area contributed by atoms with E-state index in [4.69, 9.17) is 14.2 Å². The maximum atomic E-state index is 14.3. The number of esters is 2. The number of hydrogen-bond acceptors (Lipinski definition) is 10. The molecule has 0 spiro atoms. The van der Waals surface area contributed by atoms with Crippen molar-refractivity contribution in [2.24, 2.45) is 16.7 Å². The molecule has 4 N–H and O–H groups in total. The van der Waals surface area contributed by atoms with Gasteiger partial charge in [0.2, 0.25) is 0 Å². The van der Waals surface area contributed by atoms with Crippen LogP contribution in [0.4, 0.5) is 0 Å². The van der Waals surface area contributed by atoms with Crippen molar-refractivity contribution in [1.29, 1.82) is 0 Å². The van der Waals surface area contributed by atoms with Crippen molar-refractivity contribution in [1.82, 2.24) is 0 Å². The molecule has 4 aliphatic rings. The predicted octanol–water partition coefficient (Wildman–Crippen LogP) is 1.08. The molecule has 1 aliphatic heterocycles. The van der Waals surface area contributed by atoms with Gasteiger partial charge in [0, 0.05) is 25.2 Å². The van der Waals surface area contributed by atoms with Crippen molar-refractivity contribution in [3.8, 4) is 0 Å². The number of ether oxygens (including phenoxy) is 3. The van der Waals surface area contributed by atoms with Gasteiger partial charge in [-0.2, -0.15) is 0 Å². The van der Waals surface area contributed by atoms with E-state index in [2.05, 4.69) is 0 Å². The van der Waals surface area contributed by atoms with Gasteiger partial charge < -0.3 is 34.6 Å². The van der Waals surface area contributed by atoms with Crippen LogP contribution >= 0.6 is 0 Å². The summed E-state index contributed by atoms with van der Waals surface area (Å²) in [5.74, 6) is -3.60. The highest BCUT2D eigenvalue weighted by atomic mass is 16.6. The summed E-state index contributed by atoms with van der Waals surface area (Å²) in [6.45, 7) is 7.29. The van der Waals surface area contributed by atoms with Gasteiger partial charge in [0.1, 0.15) is 23.9 Å². The lowest BCUT2D eigenvalue weighted by atomic mass is 9.44. The topological polar surface area (TPSA) is 160 Å². The van der Waals surface area contributed by atoms with Crippen molar-refractivity contribution >= 4 is 17.7 Å². The smallest absolute Gasteiger partial charge is 0.338 e. The highest BCUT2D eigenvalue weighted by Gasteiger charge is 2.77. The fourth-order valence-electron chi connectivity index (χ4n) is 7.66. The van der Waals surface area contributed by atoms with Crippen molar-refractivity contribution in [3.63, 3.8) is 0 Å². The molecule has 1 aromatic carbocycles. The lowest BCUT2D eigenvalue weighted by Crippen LogP contribution is -2.81. The van der Waals surface area contributed by atoms with Crippen molar-refractivity contribution in [2.75, 3.05) is 6.61 Å². The van der Waals surface area contributed by atoms with Gasteiger partial charge in [0.25, 0.3) is 0 Å². The molecule has 39 heavy (non-hydrogen) atoms. The third-order valence-electron chi connectivity index (χ3n) is 9.95. The number of Topliss-reactive ketones (excluding diaryl/α,β-unsaturated/α-hetero) is 1. The van der Waals surface area contributed by atoms with Gasteiger partial charge in [0.15, 0.2) is 11.4 Å². The van der Waals surface area contributed by atoms with Crippen LogP contribution in [0, 0.1) is 16.7 Å². The first kappa shape index (κ1) is 27.9. The number of benzene rings is 1. The fourth-order valence-corrected chi connectivity index (χ4v) is 7.66. The van der Waals surface area contributed by atoms with Crippen LogP contribution in [0.15, 0.2) is 41.5 Å². The van der Waals surface area contributed by atoms with E-state index in [1.807, 2.05) is 0 Å². The van der Waals surface area contributed by atoms with E-state index >= 15 is 0 Å². The molecule has 3 aliphatic carbocycles. The second kappa shape index (κ2) is 8.94. The molecule has 0 aromatic heterocycles. The van der Waals surface area contributed by atoms with Gasteiger partial charge in [-0.05, 0) is 37.1 Å². The fraction of sp³-hybridized carbons (Fsp3) is 0.621. The van der Waals surface area contributed by atoms with E-state index in [0.717, 1.165) is 0 Å². The maximum absolute atomic E-state index is 14.3. The molecule has 3 fully saturated rings. The van der Waals surface area contributed by atoms with E-state index < -0.39 is 76.2 Å². The monoisotopic (exact) mass is 544 g/mol. The van der Waals surface area contributed by atoms with Gasteiger partial charge >= 0.3 is 11.9 Å². The zero-order valence-corrected chi connectivity index (χ0v) is 22.7. The molecule has 9 atom stereocenters. The van der Waals surface area contributed by atoms with Crippen molar-refractivity contribution < 1.29 is 49.0 Å². The van der Waals surface area contributed by atoms with Crippen LogP contribution < -0.4 is 0 Å². The quantitative estimate of drug-likeness (QED) is 0.320. The van der Waals surface area contributed by atoms with Gasteiger partial charge in [-0.25, -0.2) is 4.79 Å². The SMILES string of the molecule is CC(=O)O[C@@]12COC1C[C@H](O)[C@@]1(C)C(=O)[C@H](O)C3=C(C)[C@@H](O)C[C@@](O)(C(OC(=O)c4ccccc4)C21)C3(C)C. The second-order valence-electron chi connectivity index (χ2n) is 12.2. The number of fused-ring (bicyclic) bond motifs is 5. The lowest BCUT2D eigenvalue weighted by molar-refractivity contribution is -0.345. The van der Waals surface area contributed by atoms with Gasteiger partial charge in [-0.1, -0.05) is 32.0 Å². The zero-order chi connectivity index (χ0) is 28.7. The van der Waals surface area contributed by atoms with Gasteiger partial charge in [0.05, 0.1) is 35.7 Å². The molecule has 10 nitrogen and oxygen atoms in total. The van der Waals surface area contributed by atoms with Gasteiger partial charge in [-0.3, -0.25) is 9.59 Å². The normalized spacial score (nSPS) is 42.7. The molecule has 2 saturated carbocycles. The van der Waals surface area contributed by atoms with Crippen LogP contribution in [-0.4, -0.2) is 86.5 Å². The molecule has 10 heteroatoms. The minimum atomic E-state index is -2.07. The second-order valence-corrected chi connectivity index (χ2v) is 12.2. The Labute approximate surface area is 226 Å². The maximum Gasteiger partial charge on any atom is 0.338 e. The van der Waals surface area contributed by atoms with E-state index in [0.29, 0.717) is 5.57 Å². The standard InChI is InChI=1S/C29H36O10/c1-14-17(31)12-29(36)24(38-25(35)16-9-7-6-8-10-16)22-27(5,23(34)21(33)20(14)26(29,3)4)18(32)11-19-28(22,13-37-19)39-15(2)30/h6-10,17-19,21-22,24,31-33,36H,11-13H2,1-5H3/t17-,18-,19?,21+,22?,24?,27+,28-,29+/m0/s1. The van der Waals surface area contributed by atoms with Crippen molar-refractivity contribution in [3.05, 3.63) is 47.0 Å². The Morgan fingerprint density at radius 2 is 1.72 bits per heavy atom. The molecule has 1 saturated heterocycles. The number of rotatable bonds is 3. The van der Waals surface area contributed by atoms with E-state index in [9.17, 15) is 34.8 Å². The van der Waals surface area contributed by atoms with E-state index in [1.165, 1.54) is 26.0 Å². The molecule has 5 rings (SSSR count). The molecular weight excluding hydrogens is 508 g/mol. The Kier molecular flexibility index (Phi) is 6.40. The summed E-state index contributed by atoms with van der Waals surface area (Å²) in [5, 5.41) is 46.7. The number of aliphatic hydroxyl groups is 4. The summed E-state index contributed by atoms with van der Waals surface area (Å²) in [7, 11) is 0. The summed E-state index contributed by atoms with van der Waals surface area (Å²) in [5.41, 5.74) is -6.24. The Balaban J connectivity index is 1.81. The Hall–Kier alpha value is -2.63. The third-order valence-corrected chi connectivity index (χ3v) is 9.95. The summed E-state index contributed by atoms with van der Waals surface area (Å²) in [6, 6.07) is 8.08. The molecule has 1 heterocycles. The van der Waals surface area contributed by atoms with Gasteiger partial charge in [-0.15, -0.1) is 0 Å². The predicted molar refractivity (Wildman–Crippen MR) is 135 cm³/mol. The number of aliphatic hydroxyl groups excluding tert-OH is 3. The highest BCUT2D eigenvalue weighted by molar-refractivity contribution is 5.94. The molecular formula is C29H36O10. The zero-order valence-electron chi connectivity index (χ0n) is 22.7. The molecule has 0 radical (unpaired) electrons. The Morgan fingerprint density at radius 3 is 2.28 bits per heavy atom. The first-order valence-corrected chi connectivity index (χ1v) is 13.2. The van der Waals surface area contributed by atoms with E-state index in [1.54, 1.807) is 39.0 Å². The summed E-state index contributed by atoms with van der Waals surface area (Å²) in [4.78, 5) is 40.3. The number of ketones is 1. The Bertz CT molecular complexity index is 1240. The molecule has 0 amide bonds. The average Bonchev–Trinajstić information content (AvgIpc) is 2.87. The van der Waals surface area contributed by atoms with Crippen LogP contribution in [0.1, 0.15) is 57.8 Å². The number of hydrogen-bond donors (Lipinski definition) is 4. The Morgan fingerprint density at radius 1 is 1.08 bits per heavy atom.